The molecular weight excluding hydrogens is 298 g/mol. The minimum Gasteiger partial charge on any atom is -0.493 e. The first kappa shape index (κ1) is 16.8. The van der Waals surface area contributed by atoms with Crippen LogP contribution in [0.4, 0.5) is 4.79 Å². The van der Waals surface area contributed by atoms with Crippen molar-refractivity contribution in [3.05, 3.63) is 23.8 Å². The SMILES string of the molecule is COc1cc(C=CC(=O)N(C)C(=O)Cl)cc(OC)c1OC. The Hall–Kier alpha value is -2.21. The Kier molecular flexibility index (Phi) is 6.05. The maximum Gasteiger partial charge on any atom is 0.323 e. The number of benzene rings is 1. The van der Waals surface area contributed by atoms with Crippen molar-refractivity contribution in [2.24, 2.45) is 0 Å². The van der Waals surface area contributed by atoms with Gasteiger partial charge in [0.15, 0.2) is 11.5 Å². The summed E-state index contributed by atoms with van der Waals surface area (Å²) in [7, 11) is 5.78. The minimum absolute atomic E-state index is 0.455. The van der Waals surface area contributed by atoms with Gasteiger partial charge in [-0.1, -0.05) is 0 Å². The maximum absolute atomic E-state index is 11.6. The van der Waals surface area contributed by atoms with Crippen LogP contribution < -0.4 is 14.2 Å². The zero-order valence-electron chi connectivity index (χ0n) is 12.2. The summed E-state index contributed by atoms with van der Waals surface area (Å²) in [5, 5.41) is -0.852. The fraction of sp³-hybridized carbons (Fsp3) is 0.286. The molecule has 0 atom stereocenters. The molecular formula is C14H16ClNO5. The highest BCUT2D eigenvalue weighted by Gasteiger charge is 2.13. The Morgan fingerprint density at radius 2 is 1.62 bits per heavy atom. The molecule has 1 aromatic carbocycles. The minimum atomic E-state index is -0.852. The molecule has 0 aliphatic carbocycles. The third-order valence-electron chi connectivity index (χ3n) is 2.70. The number of likely N-dealkylation sites (N-methyl/N-ethyl adjacent to an activating group) is 1. The van der Waals surface area contributed by atoms with Crippen molar-refractivity contribution < 1.29 is 23.8 Å². The fourth-order valence-corrected chi connectivity index (χ4v) is 1.65. The molecule has 0 heterocycles. The highest BCUT2D eigenvalue weighted by molar-refractivity contribution is 6.64. The lowest BCUT2D eigenvalue weighted by Gasteiger charge is -2.13. The van der Waals surface area contributed by atoms with E-state index in [9.17, 15) is 9.59 Å². The Bertz CT molecular complexity index is 545. The number of methoxy groups -OCH3 is 3. The van der Waals surface area contributed by atoms with E-state index in [0.29, 0.717) is 22.8 Å². The van der Waals surface area contributed by atoms with Crippen LogP contribution in [0.2, 0.25) is 0 Å². The Morgan fingerprint density at radius 3 is 2.00 bits per heavy atom. The second-order valence-electron chi connectivity index (χ2n) is 3.94. The quantitative estimate of drug-likeness (QED) is 0.475. The number of nitrogens with zero attached hydrogens (tertiary/aromatic N) is 1. The molecule has 0 spiro atoms. The predicted molar refractivity (Wildman–Crippen MR) is 79.2 cm³/mol. The first-order chi connectivity index (χ1) is 9.94. The zero-order chi connectivity index (χ0) is 16.0. The summed E-state index contributed by atoms with van der Waals surface area (Å²) < 4.78 is 15.6. The van der Waals surface area contributed by atoms with Crippen LogP contribution in [0.15, 0.2) is 18.2 Å². The number of rotatable bonds is 5. The normalized spacial score (nSPS) is 10.3. The molecule has 0 aliphatic heterocycles. The van der Waals surface area contributed by atoms with Crippen molar-refractivity contribution in [3.63, 3.8) is 0 Å². The van der Waals surface area contributed by atoms with Gasteiger partial charge < -0.3 is 14.2 Å². The van der Waals surface area contributed by atoms with Gasteiger partial charge in [-0.25, -0.2) is 0 Å². The Morgan fingerprint density at radius 1 is 1.10 bits per heavy atom. The van der Waals surface area contributed by atoms with Crippen molar-refractivity contribution in [1.29, 1.82) is 0 Å². The van der Waals surface area contributed by atoms with Gasteiger partial charge in [-0.3, -0.25) is 14.5 Å². The second-order valence-corrected chi connectivity index (χ2v) is 4.27. The second kappa shape index (κ2) is 7.54. The lowest BCUT2D eigenvalue weighted by Crippen LogP contribution is -2.26. The summed E-state index contributed by atoms with van der Waals surface area (Å²) in [4.78, 5) is 23.3. The molecule has 0 unspecified atom stereocenters. The molecule has 0 bridgehead atoms. The molecule has 0 aromatic heterocycles. The molecule has 0 saturated carbocycles. The van der Waals surface area contributed by atoms with Crippen molar-refractivity contribution in [3.8, 4) is 17.2 Å². The summed E-state index contributed by atoms with van der Waals surface area (Å²) in [5.41, 5.74) is 0.647. The smallest absolute Gasteiger partial charge is 0.323 e. The van der Waals surface area contributed by atoms with E-state index < -0.39 is 11.3 Å². The lowest BCUT2D eigenvalue weighted by molar-refractivity contribution is -0.121. The van der Waals surface area contributed by atoms with Crippen LogP contribution in [0.25, 0.3) is 6.08 Å². The van der Waals surface area contributed by atoms with Crippen molar-refractivity contribution in [1.82, 2.24) is 4.90 Å². The average Bonchev–Trinajstić information content (AvgIpc) is 2.50. The summed E-state index contributed by atoms with van der Waals surface area (Å²) in [6, 6.07) is 3.35. The van der Waals surface area contributed by atoms with Gasteiger partial charge in [0, 0.05) is 13.1 Å². The number of amides is 2. The predicted octanol–water partition coefficient (Wildman–Crippen LogP) is 2.54. The van der Waals surface area contributed by atoms with Crippen LogP contribution in [0, 0.1) is 0 Å². The highest BCUT2D eigenvalue weighted by atomic mass is 35.5. The van der Waals surface area contributed by atoms with E-state index in [1.165, 1.54) is 40.5 Å². The maximum atomic E-state index is 11.6. The van der Waals surface area contributed by atoms with Gasteiger partial charge in [-0.15, -0.1) is 0 Å². The number of imide groups is 1. The molecule has 6 nitrogen and oxygen atoms in total. The first-order valence-electron chi connectivity index (χ1n) is 5.89. The van der Waals surface area contributed by atoms with E-state index in [4.69, 9.17) is 25.8 Å². The third kappa shape index (κ3) is 4.13. The molecule has 0 N–H and O–H groups in total. The molecule has 0 fully saturated rings. The van der Waals surface area contributed by atoms with Gasteiger partial charge >= 0.3 is 5.37 Å². The Balaban J connectivity index is 3.09. The lowest BCUT2D eigenvalue weighted by atomic mass is 10.1. The van der Waals surface area contributed by atoms with Crippen LogP contribution in [-0.4, -0.2) is 44.6 Å². The monoisotopic (exact) mass is 313 g/mol. The molecule has 0 saturated heterocycles. The summed E-state index contributed by atoms with van der Waals surface area (Å²) in [6.07, 6.45) is 2.74. The summed E-state index contributed by atoms with van der Waals surface area (Å²) in [6.45, 7) is 0. The van der Waals surface area contributed by atoms with Crippen LogP contribution >= 0.6 is 11.6 Å². The molecule has 2 amide bonds. The number of carbonyl (C=O) groups excluding carboxylic acids is 2. The van der Waals surface area contributed by atoms with E-state index in [2.05, 4.69) is 0 Å². The standard InChI is InChI=1S/C14H16ClNO5/c1-16(14(15)18)12(17)6-5-9-7-10(19-2)13(21-4)11(8-9)20-3/h5-8H,1-4H3. The molecule has 0 radical (unpaired) electrons. The fourth-order valence-electron chi connectivity index (χ4n) is 1.56. The molecule has 0 aliphatic rings. The van der Waals surface area contributed by atoms with Crippen LogP contribution in [0.1, 0.15) is 5.56 Å². The first-order valence-corrected chi connectivity index (χ1v) is 6.27. The average molecular weight is 314 g/mol. The van der Waals surface area contributed by atoms with Gasteiger partial charge in [-0.05, 0) is 35.4 Å². The van der Waals surface area contributed by atoms with Gasteiger partial charge in [0.2, 0.25) is 5.75 Å². The molecule has 114 valence electrons. The number of hydrogen-bond donors (Lipinski definition) is 0. The summed E-state index contributed by atoms with van der Waals surface area (Å²) >= 11 is 5.22. The molecule has 7 heteroatoms. The molecule has 1 aromatic rings. The van der Waals surface area contributed by atoms with Gasteiger partial charge in [0.25, 0.3) is 5.91 Å². The van der Waals surface area contributed by atoms with Crippen LogP contribution in [0.5, 0.6) is 17.2 Å². The topological polar surface area (TPSA) is 65.1 Å². The summed E-state index contributed by atoms with van der Waals surface area (Å²) in [5.74, 6) is 0.844. The van der Waals surface area contributed by atoms with Gasteiger partial charge in [0.1, 0.15) is 0 Å². The van der Waals surface area contributed by atoms with Crippen molar-refractivity contribution in [2.75, 3.05) is 28.4 Å². The number of carbonyl (C=O) groups is 2. The van der Waals surface area contributed by atoms with E-state index in [-0.39, 0.29) is 0 Å². The van der Waals surface area contributed by atoms with Crippen LogP contribution in [-0.2, 0) is 4.79 Å². The number of ether oxygens (including phenoxy) is 3. The van der Waals surface area contributed by atoms with Gasteiger partial charge in [0.05, 0.1) is 21.3 Å². The molecule has 21 heavy (non-hydrogen) atoms. The van der Waals surface area contributed by atoms with E-state index >= 15 is 0 Å². The third-order valence-corrected chi connectivity index (χ3v) is 2.95. The van der Waals surface area contributed by atoms with E-state index in [1.807, 2.05) is 0 Å². The largest absolute Gasteiger partial charge is 0.493 e. The van der Waals surface area contributed by atoms with E-state index in [0.717, 1.165) is 4.90 Å². The Labute approximate surface area is 127 Å². The number of halogens is 1. The van der Waals surface area contributed by atoms with E-state index in [1.54, 1.807) is 12.1 Å². The van der Waals surface area contributed by atoms with Gasteiger partial charge in [-0.2, -0.15) is 0 Å². The number of hydrogen-bond acceptors (Lipinski definition) is 5. The van der Waals surface area contributed by atoms with Crippen molar-refractivity contribution >= 4 is 29.0 Å². The zero-order valence-corrected chi connectivity index (χ0v) is 12.9. The molecule has 1 rings (SSSR count). The van der Waals surface area contributed by atoms with Crippen molar-refractivity contribution in [2.45, 2.75) is 0 Å². The highest BCUT2D eigenvalue weighted by Crippen LogP contribution is 2.38. The van der Waals surface area contributed by atoms with Crippen LogP contribution in [0.3, 0.4) is 0 Å².